The lowest BCUT2D eigenvalue weighted by Crippen LogP contribution is -2.38. The number of carbonyl (C=O) groups is 1. The molecule has 3 aromatic rings. The molecule has 0 amide bonds. The second-order valence-corrected chi connectivity index (χ2v) is 9.02. The van der Waals surface area contributed by atoms with Gasteiger partial charge in [0.25, 0.3) is 0 Å². The molecule has 0 bridgehead atoms. The molecular formula is C27H26N4O4. The van der Waals surface area contributed by atoms with E-state index in [1.165, 1.54) is 0 Å². The lowest BCUT2D eigenvalue weighted by Gasteiger charge is -2.30. The average molecular weight is 471 g/mol. The van der Waals surface area contributed by atoms with Gasteiger partial charge in [-0.3, -0.25) is 19.9 Å². The van der Waals surface area contributed by atoms with Gasteiger partial charge in [-0.25, -0.2) is 0 Å². The Kier molecular flexibility index (Phi) is 5.72. The van der Waals surface area contributed by atoms with Crippen molar-refractivity contribution in [2.75, 3.05) is 26.1 Å². The fraction of sp³-hybridized carbons (Fsp3) is 0.259. The zero-order valence-corrected chi connectivity index (χ0v) is 19.7. The highest BCUT2D eigenvalue weighted by Crippen LogP contribution is 2.49. The highest BCUT2D eigenvalue weighted by atomic mass is 16.6. The number of nitro groups is 1. The van der Waals surface area contributed by atoms with Gasteiger partial charge in [-0.05, 0) is 47.5 Å². The van der Waals surface area contributed by atoms with Crippen LogP contribution in [0.5, 0.6) is 5.75 Å². The normalized spacial score (nSPS) is 22.3. The topological polar surface area (TPSA) is 88.3 Å². The van der Waals surface area contributed by atoms with E-state index in [2.05, 4.69) is 5.10 Å². The molecule has 5 rings (SSSR count). The molecular weight excluding hydrogens is 444 g/mol. The lowest BCUT2D eigenvalue weighted by molar-refractivity contribution is -0.529. The molecule has 0 radical (unpaired) electrons. The summed E-state index contributed by atoms with van der Waals surface area (Å²) in [7, 11) is 5.44. The third kappa shape index (κ3) is 3.80. The molecule has 3 aromatic carbocycles. The lowest BCUT2D eigenvalue weighted by atomic mass is 9.82. The number of benzene rings is 3. The fourth-order valence-corrected chi connectivity index (χ4v) is 5.20. The molecule has 8 heteroatoms. The van der Waals surface area contributed by atoms with Gasteiger partial charge in [0, 0.05) is 35.8 Å². The molecule has 0 aromatic heterocycles. The molecule has 35 heavy (non-hydrogen) atoms. The number of anilines is 1. The summed E-state index contributed by atoms with van der Waals surface area (Å²) in [5, 5.41) is 18.8. The van der Waals surface area contributed by atoms with Gasteiger partial charge < -0.3 is 9.64 Å². The van der Waals surface area contributed by atoms with Crippen LogP contribution in [-0.2, 0) is 0 Å². The summed E-state index contributed by atoms with van der Waals surface area (Å²) in [6.07, 6.45) is 1.69. The summed E-state index contributed by atoms with van der Waals surface area (Å²) < 4.78 is 5.23. The zero-order chi connectivity index (χ0) is 24.7. The van der Waals surface area contributed by atoms with E-state index in [-0.39, 0.29) is 10.7 Å². The second kappa shape index (κ2) is 8.87. The zero-order valence-electron chi connectivity index (χ0n) is 19.7. The first kappa shape index (κ1) is 22.6. The minimum Gasteiger partial charge on any atom is -0.497 e. The number of Topliss-reactive ketones (excluding diaryl/α,β-unsaturated/α-hetero) is 1. The van der Waals surface area contributed by atoms with Gasteiger partial charge >= 0.3 is 0 Å². The summed E-state index contributed by atoms with van der Waals surface area (Å²) in [6, 6.07) is 19.5. The van der Waals surface area contributed by atoms with Crippen molar-refractivity contribution in [1.82, 2.24) is 5.01 Å². The molecule has 178 valence electrons. The van der Waals surface area contributed by atoms with E-state index in [9.17, 15) is 14.9 Å². The maximum absolute atomic E-state index is 14.0. The smallest absolute Gasteiger partial charge is 0.248 e. The second-order valence-electron chi connectivity index (χ2n) is 9.02. The van der Waals surface area contributed by atoms with Crippen molar-refractivity contribution in [3.05, 3.63) is 105 Å². The molecule has 0 saturated carbocycles. The van der Waals surface area contributed by atoms with Crippen LogP contribution in [0.1, 0.15) is 39.0 Å². The van der Waals surface area contributed by atoms with E-state index in [1.54, 1.807) is 42.6 Å². The predicted molar refractivity (Wildman–Crippen MR) is 134 cm³/mol. The molecule has 0 aliphatic carbocycles. The Bertz CT molecular complexity index is 1290. The van der Waals surface area contributed by atoms with Crippen molar-refractivity contribution in [3.63, 3.8) is 0 Å². The summed E-state index contributed by atoms with van der Waals surface area (Å²) in [5.74, 6) is -0.265. The number of carbonyl (C=O) groups excluding carboxylic acids is 1. The number of ketones is 1. The number of methoxy groups -OCH3 is 1. The standard InChI is InChI=1S/C27H26N4O4/c1-29(2)20-12-8-17(9-13-20)23-25(31(33)34)24-22-7-5-4-6-19(22)16-28-30(24)26(23)27(32)18-10-14-21(35-3)15-11-18/h4-16,23-26H,1-3H3/t23-,24-,25-,26-/m1/s1. The largest absolute Gasteiger partial charge is 0.497 e. The first-order chi connectivity index (χ1) is 16.9. The third-order valence-corrected chi connectivity index (χ3v) is 6.93. The van der Waals surface area contributed by atoms with E-state index >= 15 is 0 Å². The molecule has 8 nitrogen and oxygen atoms in total. The van der Waals surface area contributed by atoms with Crippen LogP contribution in [0.2, 0.25) is 0 Å². The number of hydrazone groups is 1. The minimum absolute atomic E-state index is 0.208. The molecule has 1 fully saturated rings. The van der Waals surface area contributed by atoms with E-state index < -0.39 is 24.0 Å². The van der Waals surface area contributed by atoms with Crippen LogP contribution in [-0.4, -0.2) is 55.2 Å². The van der Waals surface area contributed by atoms with Crippen molar-refractivity contribution in [3.8, 4) is 5.75 Å². The fourth-order valence-electron chi connectivity index (χ4n) is 5.20. The quantitative estimate of drug-likeness (QED) is 0.306. The Morgan fingerprint density at radius 2 is 1.71 bits per heavy atom. The molecule has 2 heterocycles. The molecule has 0 spiro atoms. The number of ether oxygens (including phenoxy) is 1. The van der Waals surface area contributed by atoms with Crippen LogP contribution in [0.3, 0.4) is 0 Å². The minimum atomic E-state index is -1.05. The Morgan fingerprint density at radius 1 is 1.03 bits per heavy atom. The van der Waals surface area contributed by atoms with E-state index in [1.807, 2.05) is 67.5 Å². The summed E-state index contributed by atoms with van der Waals surface area (Å²) in [5.41, 5.74) is 3.82. The highest BCUT2D eigenvalue weighted by Gasteiger charge is 2.60. The Morgan fingerprint density at radius 3 is 2.34 bits per heavy atom. The van der Waals surface area contributed by atoms with Crippen LogP contribution in [0, 0.1) is 10.1 Å². The maximum Gasteiger partial charge on any atom is 0.248 e. The van der Waals surface area contributed by atoms with Gasteiger partial charge in [-0.15, -0.1) is 0 Å². The van der Waals surface area contributed by atoms with Crippen LogP contribution in [0.4, 0.5) is 5.69 Å². The van der Waals surface area contributed by atoms with Crippen LogP contribution in [0.25, 0.3) is 0 Å². The van der Waals surface area contributed by atoms with Gasteiger partial charge in [-0.2, -0.15) is 5.10 Å². The summed E-state index contributed by atoms with van der Waals surface area (Å²) in [6.45, 7) is 0. The SMILES string of the molecule is COc1ccc(C(=O)[C@H]2[C@H](c3ccc(N(C)C)cc3)[C@@H]([N+](=O)[O-])[C@H]3c4ccccc4C=NN32)cc1. The van der Waals surface area contributed by atoms with Gasteiger partial charge in [0.05, 0.1) is 19.2 Å². The number of hydrogen-bond acceptors (Lipinski definition) is 7. The molecule has 1 saturated heterocycles. The Balaban J connectivity index is 1.66. The van der Waals surface area contributed by atoms with E-state index in [0.29, 0.717) is 11.3 Å². The van der Waals surface area contributed by atoms with Crippen LogP contribution >= 0.6 is 0 Å². The number of hydrogen-bond donors (Lipinski definition) is 0. The molecule has 2 aliphatic rings. The van der Waals surface area contributed by atoms with Gasteiger partial charge in [0.2, 0.25) is 6.04 Å². The first-order valence-electron chi connectivity index (χ1n) is 11.4. The molecule has 0 N–H and O–H groups in total. The van der Waals surface area contributed by atoms with Crippen molar-refractivity contribution < 1.29 is 14.5 Å². The van der Waals surface area contributed by atoms with Gasteiger partial charge in [-0.1, -0.05) is 36.4 Å². The van der Waals surface area contributed by atoms with Gasteiger partial charge in [0.1, 0.15) is 17.8 Å². The number of fused-ring (bicyclic) bond motifs is 3. The number of rotatable bonds is 6. The van der Waals surface area contributed by atoms with Crippen molar-refractivity contribution in [1.29, 1.82) is 0 Å². The maximum atomic E-state index is 14.0. The van der Waals surface area contributed by atoms with Crippen molar-refractivity contribution in [2.24, 2.45) is 5.10 Å². The Hall–Kier alpha value is -4.20. The Labute approximate surface area is 203 Å². The van der Waals surface area contributed by atoms with Crippen LogP contribution < -0.4 is 9.64 Å². The first-order valence-corrected chi connectivity index (χ1v) is 11.4. The molecule has 2 aliphatic heterocycles. The predicted octanol–water partition coefficient (Wildman–Crippen LogP) is 4.15. The molecule has 4 atom stereocenters. The van der Waals surface area contributed by atoms with Gasteiger partial charge in [0.15, 0.2) is 5.78 Å². The van der Waals surface area contributed by atoms with Crippen molar-refractivity contribution in [2.45, 2.75) is 24.0 Å². The number of nitrogens with zero attached hydrogens (tertiary/aromatic N) is 4. The monoisotopic (exact) mass is 470 g/mol. The molecule has 0 unspecified atom stereocenters. The average Bonchev–Trinajstić information content (AvgIpc) is 3.24. The van der Waals surface area contributed by atoms with Crippen LogP contribution in [0.15, 0.2) is 77.9 Å². The summed E-state index contributed by atoms with van der Waals surface area (Å²) >= 11 is 0. The van der Waals surface area contributed by atoms with E-state index in [0.717, 1.165) is 22.4 Å². The third-order valence-electron chi connectivity index (χ3n) is 6.93. The van der Waals surface area contributed by atoms with E-state index in [4.69, 9.17) is 4.74 Å². The summed E-state index contributed by atoms with van der Waals surface area (Å²) in [4.78, 5) is 28.3. The highest BCUT2D eigenvalue weighted by molar-refractivity contribution is 6.01. The van der Waals surface area contributed by atoms with Crippen molar-refractivity contribution >= 4 is 17.7 Å².